The van der Waals surface area contributed by atoms with Crippen LogP contribution in [0.4, 0.5) is 0 Å². The number of esters is 1. The van der Waals surface area contributed by atoms with Crippen LogP contribution in [0, 0.1) is 29.6 Å². The van der Waals surface area contributed by atoms with Gasteiger partial charge in [-0.05, 0) is 87.8 Å². The Balaban J connectivity index is 1.55. The van der Waals surface area contributed by atoms with Gasteiger partial charge in [0.05, 0.1) is 5.92 Å². The SMILES string of the molecule is [2H]C1CC(OC(=O)C2C([2H])CC(C3CCC(C)CC3)CC2[2H])CC([2H])C1C. The summed E-state index contributed by atoms with van der Waals surface area (Å²) in [7, 11) is 0. The first kappa shape index (κ1) is 12.8. The van der Waals surface area contributed by atoms with E-state index in [0.29, 0.717) is 37.5 Å². The largest absolute Gasteiger partial charge is 0.462 e. The van der Waals surface area contributed by atoms with Gasteiger partial charge >= 0.3 is 5.97 Å². The number of hydrogen-bond acceptors (Lipinski definition) is 2. The fourth-order valence-electron chi connectivity index (χ4n) is 4.43. The van der Waals surface area contributed by atoms with E-state index in [0.717, 1.165) is 5.92 Å². The second kappa shape index (κ2) is 8.03. The number of carbonyl (C=O) groups excluding carboxylic acids is 1. The summed E-state index contributed by atoms with van der Waals surface area (Å²) in [6, 6.07) is 0. The van der Waals surface area contributed by atoms with Crippen molar-refractivity contribution in [3.63, 3.8) is 0 Å². The van der Waals surface area contributed by atoms with E-state index in [-0.39, 0.29) is 18.7 Å². The Labute approximate surface area is 148 Å². The van der Waals surface area contributed by atoms with Crippen LogP contribution in [0.1, 0.15) is 96.3 Å². The van der Waals surface area contributed by atoms with Crippen LogP contribution in [0.2, 0.25) is 0 Å². The van der Waals surface area contributed by atoms with Gasteiger partial charge in [-0.25, -0.2) is 0 Å². The summed E-state index contributed by atoms with van der Waals surface area (Å²) in [5.41, 5.74) is 0. The average molecular weight is 325 g/mol. The summed E-state index contributed by atoms with van der Waals surface area (Å²) in [6.45, 7) is 4.22. The molecule has 0 amide bonds. The van der Waals surface area contributed by atoms with Gasteiger partial charge in [-0.1, -0.05) is 26.7 Å². The van der Waals surface area contributed by atoms with Crippen LogP contribution in [-0.4, -0.2) is 12.1 Å². The molecule has 4 atom stereocenters. The first-order valence-corrected chi connectivity index (χ1v) is 9.65. The van der Waals surface area contributed by atoms with E-state index in [1.807, 2.05) is 6.92 Å². The van der Waals surface area contributed by atoms with Gasteiger partial charge in [-0.3, -0.25) is 4.79 Å². The van der Waals surface area contributed by atoms with Crippen molar-refractivity contribution in [1.82, 2.24) is 0 Å². The van der Waals surface area contributed by atoms with E-state index in [2.05, 4.69) is 6.92 Å². The molecule has 132 valence electrons. The summed E-state index contributed by atoms with van der Waals surface area (Å²) in [6.07, 6.45) is 5.02. The molecule has 23 heavy (non-hydrogen) atoms. The minimum Gasteiger partial charge on any atom is -0.462 e. The van der Waals surface area contributed by atoms with E-state index >= 15 is 0 Å². The highest BCUT2D eigenvalue weighted by Gasteiger charge is 2.34. The van der Waals surface area contributed by atoms with Crippen molar-refractivity contribution in [2.24, 2.45) is 29.6 Å². The fraction of sp³-hybridized carbons (Fsp3) is 0.952. The molecule has 3 aliphatic carbocycles. The van der Waals surface area contributed by atoms with Crippen molar-refractivity contribution in [3.8, 4) is 0 Å². The maximum absolute atomic E-state index is 12.7. The van der Waals surface area contributed by atoms with Gasteiger partial charge in [0.25, 0.3) is 0 Å². The van der Waals surface area contributed by atoms with E-state index < -0.39 is 30.8 Å². The number of rotatable bonds is 3. The van der Waals surface area contributed by atoms with Crippen molar-refractivity contribution in [1.29, 1.82) is 0 Å². The quantitative estimate of drug-likeness (QED) is 0.619. The average Bonchev–Trinajstić information content (AvgIpc) is 2.59. The Kier molecular flexibility index (Phi) is 4.46. The summed E-state index contributed by atoms with van der Waals surface area (Å²) >= 11 is 0. The maximum Gasteiger partial charge on any atom is 0.309 e. The highest BCUT2D eigenvalue weighted by molar-refractivity contribution is 5.72. The minimum absolute atomic E-state index is 0.00134. The van der Waals surface area contributed by atoms with Crippen LogP contribution in [0.5, 0.6) is 0 Å². The predicted octanol–water partition coefficient (Wildman–Crippen LogP) is 5.74. The molecule has 3 rings (SSSR count). The Bertz CT molecular complexity index is 484. The Morgan fingerprint density at radius 3 is 1.96 bits per heavy atom. The zero-order valence-corrected chi connectivity index (χ0v) is 14.7. The second-order valence-corrected chi connectivity index (χ2v) is 8.11. The molecule has 0 spiro atoms. The molecule has 3 saturated carbocycles. The molecule has 2 heteroatoms. The summed E-state index contributed by atoms with van der Waals surface area (Å²) in [5.74, 6) is 0.720. The predicted molar refractivity (Wildman–Crippen MR) is 94.1 cm³/mol. The van der Waals surface area contributed by atoms with Gasteiger partial charge in [0, 0.05) is 5.48 Å². The van der Waals surface area contributed by atoms with Crippen molar-refractivity contribution >= 4 is 5.97 Å². The minimum atomic E-state index is -0.670. The molecule has 0 N–H and O–H groups in total. The molecule has 0 aromatic rings. The molecule has 4 unspecified atom stereocenters. The van der Waals surface area contributed by atoms with Gasteiger partial charge in [-0.15, -0.1) is 0 Å². The molecule has 0 aromatic heterocycles. The Morgan fingerprint density at radius 2 is 1.35 bits per heavy atom. The van der Waals surface area contributed by atoms with Crippen LogP contribution in [0.3, 0.4) is 0 Å². The van der Waals surface area contributed by atoms with Crippen molar-refractivity contribution in [2.45, 2.75) is 96.9 Å². The van der Waals surface area contributed by atoms with Crippen LogP contribution in [-0.2, 0) is 9.53 Å². The van der Waals surface area contributed by atoms with E-state index in [1.165, 1.54) is 25.7 Å². The first-order valence-electron chi connectivity index (χ1n) is 12.0. The third-order valence-electron chi connectivity index (χ3n) is 6.21. The van der Waals surface area contributed by atoms with Crippen molar-refractivity contribution < 1.29 is 15.0 Å². The second-order valence-electron chi connectivity index (χ2n) is 8.11. The number of ether oxygens (including phenoxy) is 1. The molecule has 0 heterocycles. The van der Waals surface area contributed by atoms with Gasteiger partial charge < -0.3 is 4.74 Å². The molecule has 0 saturated heterocycles. The third kappa shape index (κ3) is 4.73. The van der Waals surface area contributed by atoms with E-state index in [9.17, 15) is 4.79 Å². The van der Waals surface area contributed by atoms with Crippen molar-refractivity contribution in [2.75, 3.05) is 0 Å². The van der Waals surface area contributed by atoms with Crippen LogP contribution in [0.15, 0.2) is 0 Å². The van der Waals surface area contributed by atoms with E-state index in [4.69, 9.17) is 10.2 Å². The molecule has 3 aliphatic rings. The lowest BCUT2D eigenvalue weighted by Crippen LogP contribution is -2.31. The molecule has 0 aromatic carbocycles. The van der Waals surface area contributed by atoms with Gasteiger partial charge in [0.15, 0.2) is 0 Å². The number of hydrogen-bond donors (Lipinski definition) is 0. The topological polar surface area (TPSA) is 26.3 Å². The molecule has 2 nitrogen and oxygen atoms in total. The van der Waals surface area contributed by atoms with Crippen LogP contribution < -0.4 is 0 Å². The standard InChI is InChI=1S/C21H36O2/c1-15-3-7-17(8-4-15)18-9-11-19(12-10-18)21(22)23-20-13-5-16(2)6-14-20/h15-20H,3-14H2,1-2H3/i5D,6D,11D,12D. The Hall–Kier alpha value is -0.530. The molecular weight excluding hydrogens is 284 g/mol. The van der Waals surface area contributed by atoms with Gasteiger partial charge in [-0.2, -0.15) is 0 Å². The van der Waals surface area contributed by atoms with Crippen LogP contribution in [0.25, 0.3) is 0 Å². The number of carbonyl (C=O) groups is 1. The lowest BCUT2D eigenvalue weighted by molar-refractivity contribution is -0.157. The molecule has 0 radical (unpaired) electrons. The smallest absolute Gasteiger partial charge is 0.309 e. The van der Waals surface area contributed by atoms with Crippen LogP contribution >= 0.6 is 0 Å². The summed E-state index contributed by atoms with van der Waals surface area (Å²) < 4.78 is 38.8. The van der Waals surface area contributed by atoms with Gasteiger partial charge in [0.2, 0.25) is 0 Å². The Morgan fingerprint density at radius 1 is 0.783 bits per heavy atom. The first-order chi connectivity index (χ1) is 12.8. The van der Waals surface area contributed by atoms with Crippen molar-refractivity contribution in [3.05, 3.63) is 0 Å². The third-order valence-corrected chi connectivity index (χ3v) is 6.21. The lowest BCUT2D eigenvalue weighted by atomic mass is 9.69. The zero-order valence-electron chi connectivity index (χ0n) is 18.7. The molecule has 0 aliphatic heterocycles. The maximum atomic E-state index is 12.7. The lowest BCUT2D eigenvalue weighted by Gasteiger charge is -2.37. The normalized spacial score (nSPS) is 57.5. The summed E-state index contributed by atoms with van der Waals surface area (Å²) in [5, 5.41) is 0. The zero-order chi connectivity index (χ0) is 19.7. The highest BCUT2D eigenvalue weighted by Crippen LogP contribution is 2.41. The highest BCUT2D eigenvalue weighted by atomic mass is 16.5. The molecule has 0 bridgehead atoms. The van der Waals surface area contributed by atoms with Gasteiger partial charge in [0.1, 0.15) is 6.10 Å². The van der Waals surface area contributed by atoms with E-state index in [1.54, 1.807) is 0 Å². The fourth-order valence-corrected chi connectivity index (χ4v) is 4.43. The monoisotopic (exact) mass is 324 g/mol. The molecule has 3 fully saturated rings. The molecular formula is C21H36O2. The summed E-state index contributed by atoms with van der Waals surface area (Å²) in [4.78, 5) is 12.7.